The maximum absolute atomic E-state index is 16.0. The van der Waals surface area contributed by atoms with Gasteiger partial charge < -0.3 is 33.3 Å². The van der Waals surface area contributed by atoms with Crippen molar-refractivity contribution < 1.29 is 18.9 Å². The fraction of sp³-hybridized carbons (Fsp3) is 0. The van der Waals surface area contributed by atoms with Gasteiger partial charge in [0.05, 0.1) is 11.0 Å². The molecule has 360 valence electrons. The van der Waals surface area contributed by atoms with E-state index in [1.165, 1.54) is 5.46 Å². The average molecular weight is 997 g/mol. The molecule has 0 saturated carbocycles. The van der Waals surface area contributed by atoms with Crippen LogP contribution in [0.2, 0.25) is 0 Å². The molecule has 0 amide bonds. The number of ether oxygens (including phenoxy) is 4. The standard InChI is InChI=1S/C67H38B3N3O5/c74-67-43-34-49-58(77-60-33-42(75-41-22-8-3-9-23-41)32-56-63(60)69(49)45-24-10-14-28-51(45)71(56)39-18-4-1-5-19-39)36-54(43)72(40-20-6-2-7-21-40)55-37-59-50(35-44(55)67)70-47-26-12-16-30-53(47)73-52-29-15-11-25-46(52)68-48-27-13-17-31-57(48)76-61-38-62(78-59)65(70)66(73)64(61)68/h1-38H. The van der Waals surface area contributed by atoms with Crippen molar-refractivity contribution in [2.75, 3.05) is 9.80 Å². The Labute approximate surface area is 448 Å². The predicted octanol–water partition coefficient (Wildman–Crippen LogP) is 9.68. The Morgan fingerprint density at radius 1 is 0.333 bits per heavy atom. The van der Waals surface area contributed by atoms with Gasteiger partial charge in [-0.1, -0.05) is 127 Å². The van der Waals surface area contributed by atoms with Gasteiger partial charge in [0, 0.05) is 80.9 Å². The molecule has 0 unspecified atom stereocenters. The molecule has 0 spiro atoms. The molecule has 7 heterocycles. The van der Waals surface area contributed by atoms with Crippen LogP contribution in [0.3, 0.4) is 0 Å². The van der Waals surface area contributed by atoms with Crippen LogP contribution in [0.1, 0.15) is 0 Å². The SMILES string of the molecule is O=c1c2cc3c(cc2n(-c2ccccc2)c2cc4c(cc12)B1c2ccccc2N2c5ccccc5B5c6ccccc6Oc6cc(c1c2c65)O4)Oc1cc(Oc2ccccc2)cc2c1B3c1ccccc1N2c1ccccc1. The minimum Gasteiger partial charge on any atom is -0.458 e. The molecule has 8 nitrogen and oxygen atoms in total. The van der Waals surface area contributed by atoms with Crippen LogP contribution < -0.4 is 83.3 Å². The Balaban J connectivity index is 0.885. The summed E-state index contributed by atoms with van der Waals surface area (Å²) in [5.41, 5.74) is 18.3. The zero-order chi connectivity index (χ0) is 50.9. The van der Waals surface area contributed by atoms with Crippen molar-refractivity contribution >= 4 is 125 Å². The highest BCUT2D eigenvalue weighted by molar-refractivity contribution is 7.04. The van der Waals surface area contributed by atoms with Crippen LogP contribution in [0.15, 0.2) is 235 Å². The second-order valence-corrected chi connectivity index (χ2v) is 21.0. The molecule has 0 fully saturated rings. The van der Waals surface area contributed by atoms with E-state index in [2.05, 4.69) is 178 Å². The minimum atomic E-state index is -0.270. The number of anilines is 6. The van der Waals surface area contributed by atoms with Gasteiger partial charge in [-0.05, 0) is 122 Å². The Bertz CT molecular complexity index is 4710. The smallest absolute Gasteiger partial charge is 0.256 e. The molecule has 0 aliphatic carbocycles. The van der Waals surface area contributed by atoms with Gasteiger partial charge in [0.25, 0.3) is 20.1 Å². The summed E-state index contributed by atoms with van der Waals surface area (Å²) >= 11 is 0. The van der Waals surface area contributed by atoms with Crippen LogP contribution in [0, 0.1) is 0 Å². The van der Waals surface area contributed by atoms with Gasteiger partial charge >= 0.3 is 0 Å². The topological polar surface area (TPSA) is 65.4 Å². The molecule has 0 bridgehead atoms. The molecule has 78 heavy (non-hydrogen) atoms. The lowest BCUT2D eigenvalue weighted by molar-refractivity contribution is 0.463. The van der Waals surface area contributed by atoms with E-state index in [1.54, 1.807) is 0 Å². The second kappa shape index (κ2) is 15.5. The largest absolute Gasteiger partial charge is 0.458 e. The molecular weight excluding hydrogens is 959 g/mol. The Morgan fingerprint density at radius 3 is 1.40 bits per heavy atom. The molecule has 12 aromatic rings. The summed E-state index contributed by atoms with van der Waals surface area (Å²) < 4.78 is 30.2. The second-order valence-electron chi connectivity index (χ2n) is 21.0. The highest BCUT2D eigenvalue weighted by Crippen LogP contribution is 2.48. The van der Waals surface area contributed by atoms with Crippen molar-refractivity contribution in [1.82, 2.24) is 4.57 Å². The fourth-order valence-electron chi connectivity index (χ4n) is 13.9. The first kappa shape index (κ1) is 42.1. The third-order valence-electron chi connectivity index (χ3n) is 16.9. The molecule has 11 heteroatoms. The molecule has 18 rings (SSSR count). The summed E-state index contributed by atoms with van der Waals surface area (Å²) in [5, 5.41) is 1.20. The van der Waals surface area contributed by atoms with Crippen molar-refractivity contribution in [3.05, 3.63) is 241 Å². The van der Waals surface area contributed by atoms with Gasteiger partial charge in [-0.3, -0.25) is 4.79 Å². The number of para-hydroxylation sites is 7. The van der Waals surface area contributed by atoms with E-state index in [9.17, 15) is 0 Å². The molecule has 0 saturated heterocycles. The van der Waals surface area contributed by atoms with Crippen LogP contribution >= 0.6 is 0 Å². The van der Waals surface area contributed by atoms with Crippen molar-refractivity contribution in [3.8, 4) is 51.7 Å². The third-order valence-corrected chi connectivity index (χ3v) is 16.9. The zero-order valence-electron chi connectivity index (χ0n) is 41.6. The number of pyridine rings is 1. The number of hydrogen-bond acceptors (Lipinski definition) is 7. The summed E-state index contributed by atoms with van der Waals surface area (Å²) in [6.45, 7) is -0.572. The van der Waals surface area contributed by atoms with Gasteiger partial charge in [0.2, 0.25) is 0 Å². The van der Waals surface area contributed by atoms with Gasteiger partial charge in [0.1, 0.15) is 46.0 Å². The van der Waals surface area contributed by atoms with E-state index in [0.29, 0.717) is 33.8 Å². The maximum Gasteiger partial charge on any atom is 0.256 e. The van der Waals surface area contributed by atoms with Crippen molar-refractivity contribution in [2.24, 2.45) is 0 Å². The van der Waals surface area contributed by atoms with Crippen LogP contribution in [0.5, 0.6) is 46.0 Å². The molecule has 11 aromatic carbocycles. The van der Waals surface area contributed by atoms with E-state index in [4.69, 9.17) is 18.9 Å². The first-order valence-electron chi connectivity index (χ1n) is 26.5. The highest BCUT2D eigenvalue weighted by atomic mass is 16.5. The minimum absolute atomic E-state index is 0.0498. The van der Waals surface area contributed by atoms with Gasteiger partial charge in [-0.2, -0.15) is 0 Å². The van der Waals surface area contributed by atoms with E-state index >= 15 is 4.79 Å². The summed E-state index contributed by atoms with van der Waals surface area (Å²) in [7, 11) is 0. The summed E-state index contributed by atoms with van der Waals surface area (Å²) in [5.74, 6) is 5.78. The van der Waals surface area contributed by atoms with Gasteiger partial charge in [-0.15, -0.1) is 0 Å². The van der Waals surface area contributed by atoms with Crippen molar-refractivity contribution in [1.29, 1.82) is 0 Å². The first-order valence-corrected chi connectivity index (χ1v) is 26.5. The maximum atomic E-state index is 16.0. The monoisotopic (exact) mass is 997 g/mol. The quantitative estimate of drug-likeness (QED) is 0.129. The van der Waals surface area contributed by atoms with Crippen LogP contribution in [0.4, 0.5) is 34.1 Å². The summed E-state index contributed by atoms with van der Waals surface area (Å²) in [4.78, 5) is 20.8. The van der Waals surface area contributed by atoms with E-state index in [-0.39, 0.29) is 25.6 Å². The number of hydrogen-bond donors (Lipinski definition) is 0. The molecule has 6 aliphatic heterocycles. The molecular formula is C67H38B3N3O5. The van der Waals surface area contributed by atoms with Gasteiger partial charge in [0.15, 0.2) is 5.43 Å². The van der Waals surface area contributed by atoms with Crippen LogP contribution in [-0.2, 0) is 0 Å². The first-order chi connectivity index (χ1) is 38.6. The molecule has 0 radical (unpaired) electrons. The number of rotatable bonds is 4. The van der Waals surface area contributed by atoms with Crippen LogP contribution in [-0.4, -0.2) is 24.7 Å². The lowest BCUT2D eigenvalue weighted by atomic mass is 9.29. The number of nitrogens with zero attached hydrogens (tertiary/aromatic N) is 3. The average Bonchev–Trinajstić information content (AvgIpc) is 2.91. The molecule has 1 aromatic heterocycles. The predicted molar refractivity (Wildman–Crippen MR) is 316 cm³/mol. The van der Waals surface area contributed by atoms with Crippen LogP contribution in [0.25, 0.3) is 27.5 Å². The number of aromatic nitrogens is 1. The Kier molecular flexibility index (Phi) is 8.37. The number of fused-ring (bicyclic) bond motifs is 16. The zero-order valence-corrected chi connectivity index (χ0v) is 41.6. The Morgan fingerprint density at radius 2 is 0.795 bits per heavy atom. The van der Waals surface area contributed by atoms with Crippen molar-refractivity contribution in [3.63, 3.8) is 0 Å². The summed E-state index contributed by atoms with van der Waals surface area (Å²) in [6.07, 6.45) is 0. The summed E-state index contributed by atoms with van der Waals surface area (Å²) in [6, 6.07) is 79.7. The fourth-order valence-corrected chi connectivity index (χ4v) is 13.9. The molecule has 0 atom stereocenters. The van der Waals surface area contributed by atoms with E-state index < -0.39 is 0 Å². The lowest BCUT2D eigenvalue weighted by Crippen LogP contribution is -2.67. The highest BCUT2D eigenvalue weighted by Gasteiger charge is 2.51. The Hall–Kier alpha value is -10.1. The molecule has 0 N–H and O–H groups in total. The lowest BCUT2D eigenvalue weighted by Gasteiger charge is -2.47. The van der Waals surface area contributed by atoms with Crippen molar-refractivity contribution in [2.45, 2.75) is 0 Å². The third kappa shape index (κ3) is 5.63. The van der Waals surface area contributed by atoms with E-state index in [1.807, 2.05) is 66.7 Å². The molecule has 6 aliphatic rings. The normalized spacial score (nSPS) is 13.9. The number of benzene rings is 11. The van der Waals surface area contributed by atoms with E-state index in [0.717, 1.165) is 118 Å². The van der Waals surface area contributed by atoms with Gasteiger partial charge in [-0.25, -0.2) is 0 Å².